The van der Waals surface area contributed by atoms with Crippen LogP contribution in [0.4, 0.5) is 0 Å². The minimum atomic E-state index is -4.15. The molecule has 0 aliphatic carbocycles. The quantitative estimate of drug-likeness (QED) is 0.128. The second kappa shape index (κ2) is 15.5. The van der Waals surface area contributed by atoms with E-state index in [1.54, 1.807) is 0 Å². The molecule has 0 amide bonds. The van der Waals surface area contributed by atoms with E-state index in [1.807, 2.05) is 0 Å². The Hall–Kier alpha value is -1.44. The maximum Gasteiger partial charge on any atom is 0.289 e. The Balaban J connectivity index is 0. The van der Waals surface area contributed by atoms with E-state index in [0.717, 1.165) is 29.5 Å². The van der Waals surface area contributed by atoms with Gasteiger partial charge in [-0.05, 0) is 0 Å². The Bertz CT molecular complexity index is 1030. The van der Waals surface area contributed by atoms with Crippen molar-refractivity contribution in [3.05, 3.63) is 47.9 Å². The first-order chi connectivity index (χ1) is 15.4. The topological polar surface area (TPSA) is 187 Å². The van der Waals surface area contributed by atoms with Crippen LogP contribution in [-0.2, 0) is 53.0 Å². The van der Waals surface area contributed by atoms with Gasteiger partial charge in [0.2, 0.25) is 0 Å². The lowest BCUT2D eigenvalue weighted by Gasteiger charge is -2.28. The molecular formula is C17H31NO12S4. The Morgan fingerprint density at radius 1 is 0.676 bits per heavy atom. The third-order valence-electron chi connectivity index (χ3n) is 3.92. The van der Waals surface area contributed by atoms with E-state index in [4.69, 9.17) is 4.18 Å². The smallest absolute Gasteiger partial charge is 0.289 e. The van der Waals surface area contributed by atoms with Gasteiger partial charge in [-0.25, -0.2) is 8.42 Å². The number of hydrogen-bond acceptors (Lipinski definition) is 12. The van der Waals surface area contributed by atoms with Crippen molar-refractivity contribution in [2.75, 3.05) is 46.5 Å². The van der Waals surface area contributed by atoms with E-state index in [9.17, 15) is 38.2 Å². The summed E-state index contributed by atoms with van der Waals surface area (Å²) in [5.41, 5.74) is 0. The first-order valence-corrected chi connectivity index (χ1v) is 15.2. The highest BCUT2D eigenvalue weighted by molar-refractivity contribution is 7.90. The molecule has 0 saturated carbocycles. The molecule has 0 unspecified atom stereocenters. The normalized spacial score (nSPS) is 15.6. The zero-order chi connectivity index (χ0) is 27.1. The number of nitrogens with zero attached hydrogens (tertiary/aromatic N) is 1. The summed E-state index contributed by atoms with van der Waals surface area (Å²) >= 11 is 0. The molecule has 1 saturated heterocycles. The predicted octanol–water partition coefficient (Wildman–Crippen LogP) is 0.358. The van der Waals surface area contributed by atoms with Gasteiger partial charge in [0.15, 0.2) is 0 Å². The molecule has 17 heteroatoms. The highest BCUT2D eigenvalue weighted by Gasteiger charge is 2.26. The average molecular weight is 570 g/mol. The molecule has 1 aliphatic heterocycles. The number of hydrogen-bond donors (Lipinski definition) is 0. The summed E-state index contributed by atoms with van der Waals surface area (Å²) in [7, 11) is -13.1. The van der Waals surface area contributed by atoms with Gasteiger partial charge in [0, 0.05) is 18.2 Å². The standard InChI is InChI=1S/C9H18NO3S.C6H10O6S2.C2H4O3S/c1-3-14(11,12)13-9-8-10(2)6-4-5-7-10;1-3-13(7,8)11-5-6-12-14(9,10)4-2;1-2-6(3,4)5/h3H,1,4-9H2,2H3;3-4H,1-2,5-6H2;2H,1H2,(H,3,4,5)/q+1;;/p-1. The second-order valence-corrected chi connectivity index (χ2v) is 12.6. The van der Waals surface area contributed by atoms with Gasteiger partial charge >= 0.3 is 0 Å². The summed E-state index contributed by atoms with van der Waals surface area (Å²) in [6.45, 7) is 14.3. The maximum absolute atomic E-state index is 10.9. The molecule has 13 nitrogen and oxygen atoms in total. The van der Waals surface area contributed by atoms with Crippen molar-refractivity contribution in [3.8, 4) is 0 Å². The molecule has 0 atom stereocenters. The van der Waals surface area contributed by atoms with Gasteiger partial charge in [0.25, 0.3) is 30.4 Å². The predicted molar refractivity (Wildman–Crippen MR) is 125 cm³/mol. The minimum absolute atomic E-state index is 0.255. The Morgan fingerprint density at radius 2 is 0.971 bits per heavy atom. The van der Waals surface area contributed by atoms with Crippen molar-refractivity contribution in [1.82, 2.24) is 0 Å². The maximum atomic E-state index is 10.9. The van der Waals surface area contributed by atoms with Crippen LogP contribution in [0, 0.1) is 0 Å². The van der Waals surface area contributed by atoms with Gasteiger partial charge in [0.05, 0.1) is 49.6 Å². The highest BCUT2D eigenvalue weighted by Crippen LogP contribution is 2.15. The van der Waals surface area contributed by atoms with Crippen molar-refractivity contribution in [3.63, 3.8) is 0 Å². The van der Waals surface area contributed by atoms with Crippen LogP contribution < -0.4 is 0 Å². The summed E-state index contributed by atoms with van der Waals surface area (Å²) < 4.78 is 107. The lowest BCUT2D eigenvalue weighted by atomic mass is 10.4. The van der Waals surface area contributed by atoms with Crippen LogP contribution in [0.2, 0.25) is 0 Å². The molecule has 1 rings (SSSR count). The lowest BCUT2D eigenvalue weighted by molar-refractivity contribution is -0.897. The molecule has 0 aromatic rings. The summed E-state index contributed by atoms with van der Waals surface area (Å²) in [6, 6.07) is 0. The van der Waals surface area contributed by atoms with Gasteiger partial charge in [-0.3, -0.25) is 12.5 Å². The first kappa shape index (κ1) is 34.7. The van der Waals surface area contributed by atoms with Gasteiger partial charge in [-0.15, -0.1) is 0 Å². The molecule has 1 fully saturated rings. The molecule has 0 bridgehead atoms. The average Bonchev–Trinajstić information content (AvgIpc) is 3.18. The number of rotatable bonds is 13. The third-order valence-corrected chi connectivity index (χ3v) is 7.04. The molecule has 34 heavy (non-hydrogen) atoms. The van der Waals surface area contributed by atoms with Crippen molar-refractivity contribution in [1.29, 1.82) is 0 Å². The largest absolute Gasteiger partial charge is 0.745 e. The van der Waals surface area contributed by atoms with E-state index >= 15 is 0 Å². The third kappa shape index (κ3) is 20.0. The van der Waals surface area contributed by atoms with E-state index < -0.39 is 53.7 Å². The van der Waals surface area contributed by atoms with Crippen LogP contribution in [-0.4, -0.2) is 89.2 Å². The fourth-order valence-electron chi connectivity index (χ4n) is 2.14. The second-order valence-electron chi connectivity index (χ2n) is 6.60. The number of likely N-dealkylation sites (N-methyl/N-ethyl adjacent to an activating group) is 1. The van der Waals surface area contributed by atoms with Crippen LogP contribution in [0.15, 0.2) is 47.9 Å². The van der Waals surface area contributed by atoms with Crippen LogP contribution in [0.3, 0.4) is 0 Å². The Kier molecular flexibility index (Phi) is 15.9. The molecule has 0 aromatic heterocycles. The van der Waals surface area contributed by atoms with E-state index in [2.05, 4.69) is 41.7 Å². The van der Waals surface area contributed by atoms with Crippen LogP contribution in [0.1, 0.15) is 12.8 Å². The zero-order valence-corrected chi connectivity index (χ0v) is 22.0. The summed E-state index contributed by atoms with van der Waals surface area (Å²) in [6.07, 6.45) is 2.45. The molecule has 0 spiro atoms. The molecule has 1 aliphatic rings. The monoisotopic (exact) mass is 569 g/mol. The van der Waals surface area contributed by atoms with Gasteiger partial charge in [0.1, 0.15) is 23.3 Å². The SMILES string of the molecule is C=CS(=O)(=O)OCCOS(=O)(=O)C=C.C=CS(=O)(=O)OCC[N+]1(C)CCCC1.C=CS(=O)(=O)[O-]. The molecule has 0 radical (unpaired) electrons. The van der Waals surface area contributed by atoms with Crippen molar-refractivity contribution in [2.45, 2.75) is 12.8 Å². The molecular weight excluding hydrogens is 538 g/mol. The van der Waals surface area contributed by atoms with Gasteiger partial charge in [-0.1, -0.05) is 26.3 Å². The van der Waals surface area contributed by atoms with Crippen LogP contribution in [0.25, 0.3) is 0 Å². The van der Waals surface area contributed by atoms with Crippen molar-refractivity contribution < 1.29 is 55.3 Å². The van der Waals surface area contributed by atoms with Gasteiger partial charge in [-0.2, -0.15) is 25.3 Å². The lowest BCUT2D eigenvalue weighted by Crippen LogP contribution is -2.43. The number of likely N-dealkylation sites (tertiary alicyclic amines) is 1. The molecule has 200 valence electrons. The minimum Gasteiger partial charge on any atom is -0.745 e. The zero-order valence-electron chi connectivity index (χ0n) is 18.8. The fraction of sp³-hybridized carbons (Fsp3) is 0.529. The molecule has 1 heterocycles. The summed E-state index contributed by atoms with van der Waals surface area (Å²) in [4.78, 5) is 0. The van der Waals surface area contributed by atoms with Crippen LogP contribution >= 0.6 is 0 Å². The Morgan fingerprint density at radius 3 is 1.24 bits per heavy atom. The molecule has 0 aromatic carbocycles. The van der Waals surface area contributed by atoms with E-state index in [-0.39, 0.29) is 6.61 Å². The van der Waals surface area contributed by atoms with Crippen molar-refractivity contribution >= 4 is 40.5 Å². The first-order valence-electron chi connectivity index (χ1n) is 9.34. The summed E-state index contributed by atoms with van der Waals surface area (Å²) in [5, 5.41) is 2.41. The van der Waals surface area contributed by atoms with E-state index in [0.29, 0.717) is 16.2 Å². The fourth-order valence-corrected chi connectivity index (χ4v) is 3.34. The van der Waals surface area contributed by atoms with Crippen LogP contribution in [0.5, 0.6) is 0 Å². The Labute approximate surface area is 202 Å². The van der Waals surface area contributed by atoms with Gasteiger partial charge < -0.3 is 9.04 Å². The van der Waals surface area contributed by atoms with Crippen molar-refractivity contribution in [2.24, 2.45) is 0 Å². The van der Waals surface area contributed by atoms with E-state index in [1.165, 1.54) is 12.8 Å². The summed E-state index contributed by atoms with van der Waals surface area (Å²) in [5.74, 6) is 0. The molecule has 0 N–H and O–H groups in total. The number of quaternary nitrogens is 1. The highest BCUT2D eigenvalue weighted by atomic mass is 32.2.